The first-order valence-electron chi connectivity index (χ1n) is 7.50. The van der Waals surface area contributed by atoms with Crippen LogP contribution in [0.25, 0.3) is 0 Å². The SMILES string of the molecule is Cc1ccsc1C(=O)O[C@H](C)C(=O)Nc1ccc2c(c1)OCCO2. The summed E-state index contributed by atoms with van der Waals surface area (Å²) in [5.41, 5.74) is 1.39. The summed E-state index contributed by atoms with van der Waals surface area (Å²) in [6.45, 7) is 4.34. The monoisotopic (exact) mass is 347 g/mol. The van der Waals surface area contributed by atoms with Crippen molar-refractivity contribution in [2.24, 2.45) is 0 Å². The Morgan fingerprint density at radius 3 is 2.67 bits per heavy atom. The number of anilines is 1. The van der Waals surface area contributed by atoms with E-state index in [2.05, 4.69) is 5.32 Å². The summed E-state index contributed by atoms with van der Waals surface area (Å²) in [4.78, 5) is 24.8. The third-order valence-electron chi connectivity index (χ3n) is 3.51. The molecule has 6 nitrogen and oxygen atoms in total. The fourth-order valence-electron chi connectivity index (χ4n) is 2.21. The molecule has 0 bridgehead atoms. The molecule has 0 spiro atoms. The molecule has 7 heteroatoms. The molecule has 0 aliphatic carbocycles. The van der Waals surface area contributed by atoms with Crippen molar-refractivity contribution in [1.82, 2.24) is 0 Å². The van der Waals surface area contributed by atoms with Crippen molar-refractivity contribution in [3.05, 3.63) is 40.1 Å². The molecule has 0 saturated heterocycles. The van der Waals surface area contributed by atoms with Gasteiger partial charge < -0.3 is 19.5 Å². The second-order valence-electron chi connectivity index (χ2n) is 5.33. The predicted octanol–water partition coefficient (Wildman–Crippen LogP) is 3.01. The van der Waals surface area contributed by atoms with Crippen LogP contribution in [0.2, 0.25) is 0 Å². The molecule has 0 unspecified atom stereocenters. The summed E-state index contributed by atoms with van der Waals surface area (Å²) in [5, 5.41) is 4.52. The number of nitrogens with one attached hydrogen (secondary N) is 1. The number of ether oxygens (including phenoxy) is 3. The number of rotatable bonds is 4. The Morgan fingerprint density at radius 2 is 1.96 bits per heavy atom. The molecule has 2 aromatic rings. The van der Waals surface area contributed by atoms with E-state index < -0.39 is 18.0 Å². The zero-order chi connectivity index (χ0) is 17.1. The molecule has 2 heterocycles. The molecule has 1 aliphatic rings. The van der Waals surface area contributed by atoms with Gasteiger partial charge in [-0.25, -0.2) is 4.79 Å². The van der Waals surface area contributed by atoms with E-state index >= 15 is 0 Å². The smallest absolute Gasteiger partial charge is 0.349 e. The first-order valence-corrected chi connectivity index (χ1v) is 8.38. The second-order valence-corrected chi connectivity index (χ2v) is 6.24. The number of fused-ring (bicyclic) bond motifs is 1. The first-order chi connectivity index (χ1) is 11.5. The third kappa shape index (κ3) is 3.51. The van der Waals surface area contributed by atoms with Crippen molar-refractivity contribution in [2.75, 3.05) is 18.5 Å². The average molecular weight is 347 g/mol. The molecular formula is C17H17NO5S. The number of thiophene rings is 1. The number of amides is 1. The molecule has 1 atom stereocenters. The van der Waals surface area contributed by atoms with E-state index in [4.69, 9.17) is 14.2 Å². The van der Waals surface area contributed by atoms with Crippen LogP contribution in [0.3, 0.4) is 0 Å². The maximum Gasteiger partial charge on any atom is 0.349 e. The van der Waals surface area contributed by atoms with Gasteiger partial charge in [-0.05, 0) is 43.0 Å². The molecule has 126 valence electrons. The second kappa shape index (κ2) is 6.92. The first kappa shape index (κ1) is 16.3. The van der Waals surface area contributed by atoms with Crippen LogP contribution in [0.5, 0.6) is 11.5 Å². The Balaban J connectivity index is 1.62. The Hall–Kier alpha value is -2.54. The number of carbonyl (C=O) groups excluding carboxylic acids is 2. The van der Waals surface area contributed by atoms with E-state index in [0.29, 0.717) is 35.3 Å². The molecule has 1 aromatic heterocycles. The maximum absolute atomic E-state index is 12.2. The van der Waals surface area contributed by atoms with Gasteiger partial charge in [0.1, 0.15) is 18.1 Å². The molecular weight excluding hydrogens is 330 g/mol. The lowest BCUT2D eigenvalue weighted by Crippen LogP contribution is -2.30. The molecule has 1 aliphatic heterocycles. The van der Waals surface area contributed by atoms with Crippen LogP contribution in [0.1, 0.15) is 22.2 Å². The predicted molar refractivity (Wildman–Crippen MR) is 90.0 cm³/mol. The maximum atomic E-state index is 12.2. The van der Waals surface area contributed by atoms with Crippen LogP contribution in [0, 0.1) is 6.92 Å². The van der Waals surface area contributed by atoms with E-state index in [9.17, 15) is 9.59 Å². The fourth-order valence-corrected chi connectivity index (χ4v) is 3.02. The molecule has 0 saturated carbocycles. The summed E-state index contributed by atoms with van der Waals surface area (Å²) in [6, 6.07) is 6.96. The minimum absolute atomic E-state index is 0.408. The molecule has 1 amide bonds. The van der Waals surface area contributed by atoms with Gasteiger partial charge in [0.05, 0.1) is 0 Å². The number of benzene rings is 1. The lowest BCUT2D eigenvalue weighted by Gasteiger charge is -2.19. The van der Waals surface area contributed by atoms with Gasteiger partial charge in [0, 0.05) is 11.8 Å². The van der Waals surface area contributed by atoms with Crippen LogP contribution >= 0.6 is 11.3 Å². The topological polar surface area (TPSA) is 73.9 Å². The minimum Gasteiger partial charge on any atom is -0.486 e. The number of esters is 1. The summed E-state index contributed by atoms with van der Waals surface area (Å²) >= 11 is 1.29. The zero-order valence-corrected chi connectivity index (χ0v) is 14.1. The van der Waals surface area contributed by atoms with Crippen molar-refractivity contribution in [2.45, 2.75) is 20.0 Å². The van der Waals surface area contributed by atoms with Gasteiger partial charge in [-0.2, -0.15) is 0 Å². The molecule has 3 rings (SSSR count). The summed E-state index contributed by atoms with van der Waals surface area (Å²) in [6.07, 6.45) is -0.910. The highest BCUT2D eigenvalue weighted by Gasteiger charge is 2.21. The number of hydrogen-bond acceptors (Lipinski definition) is 6. The molecule has 24 heavy (non-hydrogen) atoms. The number of aryl methyl sites for hydroxylation is 1. The van der Waals surface area contributed by atoms with Crippen LogP contribution in [0.15, 0.2) is 29.6 Å². The Morgan fingerprint density at radius 1 is 1.21 bits per heavy atom. The third-order valence-corrected chi connectivity index (χ3v) is 4.51. The van der Waals surface area contributed by atoms with Crippen LogP contribution in [-0.4, -0.2) is 31.2 Å². The number of carbonyl (C=O) groups is 2. The van der Waals surface area contributed by atoms with Gasteiger partial charge in [0.25, 0.3) is 5.91 Å². The van der Waals surface area contributed by atoms with Crippen LogP contribution < -0.4 is 14.8 Å². The molecule has 1 N–H and O–H groups in total. The lowest BCUT2D eigenvalue weighted by atomic mass is 10.2. The van der Waals surface area contributed by atoms with Gasteiger partial charge in [-0.1, -0.05) is 0 Å². The molecule has 1 aromatic carbocycles. The van der Waals surface area contributed by atoms with E-state index in [1.807, 2.05) is 18.4 Å². The Kier molecular flexibility index (Phi) is 4.71. The molecule has 0 radical (unpaired) electrons. The standard InChI is InChI=1S/C17H17NO5S/c1-10-5-8-24-15(10)17(20)23-11(2)16(19)18-12-3-4-13-14(9-12)22-7-6-21-13/h3-5,8-9,11H,6-7H2,1-2H3,(H,18,19)/t11-/m1/s1. The molecule has 0 fully saturated rings. The fraction of sp³-hybridized carbons (Fsp3) is 0.294. The van der Waals surface area contributed by atoms with Crippen molar-refractivity contribution in [1.29, 1.82) is 0 Å². The highest BCUT2D eigenvalue weighted by molar-refractivity contribution is 7.12. The largest absolute Gasteiger partial charge is 0.486 e. The van der Waals surface area contributed by atoms with E-state index in [0.717, 1.165) is 5.56 Å². The van der Waals surface area contributed by atoms with Crippen molar-refractivity contribution in [3.8, 4) is 11.5 Å². The average Bonchev–Trinajstić information content (AvgIpc) is 3.00. The van der Waals surface area contributed by atoms with Crippen LogP contribution in [-0.2, 0) is 9.53 Å². The van der Waals surface area contributed by atoms with Crippen LogP contribution in [0.4, 0.5) is 5.69 Å². The van der Waals surface area contributed by atoms with Gasteiger partial charge >= 0.3 is 5.97 Å². The van der Waals surface area contributed by atoms with Crippen molar-refractivity contribution in [3.63, 3.8) is 0 Å². The van der Waals surface area contributed by atoms with Crippen molar-refractivity contribution < 1.29 is 23.8 Å². The van der Waals surface area contributed by atoms with E-state index in [-0.39, 0.29) is 0 Å². The van der Waals surface area contributed by atoms with E-state index in [1.165, 1.54) is 18.3 Å². The minimum atomic E-state index is -0.910. The summed E-state index contributed by atoms with van der Waals surface area (Å²) in [5.74, 6) is 0.325. The van der Waals surface area contributed by atoms with E-state index in [1.54, 1.807) is 18.2 Å². The van der Waals surface area contributed by atoms with Crippen molar-refractivity contribution >= 4 is 28.9 Å². The normalized spacial score (nSPS) is 13.9. The summed E-state index contributed by atoms with van der Waals surface area (Å²) in [7, 11) is 0. The number of hydrogen-bond donors (Lipinski definition) is 1. The summed E-state index contributed by atoms with van der Waals surface area (Å²) < 4.78 is 16.1. The Bertz CT molecular complexity index is 770. The lowest BCUT2D eigenvalue weighted by molar-refractivity contribution is -0.123. The van der Waals surface area contributed by atoms with Gasteiger partial charge in [-0.15, -0.1) is 11.3 Å². The quantitative estimate of drug-likeness (QED) is 0.861. The van der Waals surface area contributed by atoms with Gasteiger partial charge in [0.2, 0.25) is 0 Å². The highest BCUT2D eigenvalue weighted by Crippen LogP contribution is 2.32. The Labute approximate surface area is 143 Å². The van der Waals surface area contributed by atoms with Gasteiger partial charge in [0.15, 0.2) is 17.6 Å². The van der Waals surface area contributed by atoms with Gasteiger partial charge in [-0.3, -0.25) is 4.79 Å². The zero-order valence-electron chi connectivity index (χ0n) is 13.3. The highest BCUT2D eigenvalue weighted by atomic mass is 32.1.